The van der Waals surface area contributed by atoms with E-state index in [-0.39, 0.29) is 11.7 Å². The Labute approximate surface area is 104 Å². The molecule has 0 bridgehead atoms. The van der Waals surface area contributed by atoms with E-state index in [4.69, 9.17) is 9.63 Å². The van der Waals surface area contributed by atoms with Crippen molar-refractivity contribution < 1.29 is 14.4 Å². The predicted octanol–water partition coefficient (Wildman–Crippen LogP) is 1.62. The molecule has 6 heteroatoms. The van der Waals surface area contributed by atoms with E-state index in [9.17, 15) is 4.79 Å². The average Bonchev–Trinajstić information content (AvgIpc) is 2.86. The third-order valence-electron chi connectivity index (χ3n) is 2.54. The number of nitrogens with one attached hydrogen (secondary N) is 1. The molecular formula is C12H13N3O3. The zero-order chi connectivity index (χ0) is 13.0. The van der Waals surface area contributed by atoms with Crippen LogP contribution in [0.4, 0.5) is 0 Å². The SMILES string of the molecule is C[C@H](NCc1cc(C(=O)O)no1)c1cccnc1. The molecule has 2 heterocycles. The number of nitrogens with zero attached hydrogens (tertiary/aromatic N) is 2. The molecule has 0 unspecified atom stereocenters. The molecule has 0 radical (unpaired) electrons. The van der Waals surface area contributed by atoms with Gasteiger partial charge in [-0.15, -0.1) is 0 Å². The molecule has 0 aliphatic carbocycles. The van der Waals surface area contributed by atoms with Crippen LogP contribution in [0.25, 0.3) is 0 Å². The summed E-state index contributed by atoms with van der Waals surface area (Å²) in [5, 5.41) is 15.3. The van der Waals surface area contributed by atoms with Gasteiger partial charge >= 0.3 is 5.97 Å². The molecule has 0 fully saturated rings. The fourth-order valence-electron chi connectivity index (χ4n) is 1.50. The second-order valence-corrected chi connectivity index (χ2v) is 3.87. The number of hydrogen-bond donors (Lipinski definition) is 2. The first-order valence-corrected chi connectivity index (χ1v) is 5.49. The molecule has 2 aromatic rings. The third-order valence-corrected chi connectivity index (χ3v) is 2.54. The third kappa shape index (κ3) is 2.92. The van der Waals surface area contributed by atoms with Crippen molar-refractivity contribution in [3.8, 4) is 0 Å². The first-order valence-electron chi connectivity index (χ1n) is 5.49. The monoisotopic (exact) mass is 247 g/mol. The van der Waals surface area contributed by atoms with Crippen LogP contribution in [0.15, 0.2) is 35.1 Å². The van der Waals surface area contributed by atoms with Crippen molar-refractivity contribution in [2.45, 2.75) is 19.5 Å². The summed E-state index contributed by atoms with van der Waals surface area (Å²) in [6.45, 7) is 2.40. The summed E-state index contributed by atoms with van der Waals surface area (Å²) in [7, 11) is 0. The van der Waals surface area contributed by atoms with Crippen LogP contribution in [-0.4, -0.2) is 21.2 Å². The van der Waals surface area contributed by atoms with Crippen LogP contribution < -0.4 is 5.32 Å². The van der Waals surface area contributed by atoms with Gasteiger partial charge in [0.05, 0.1) is 6.54 Å². The molecule has 0 spiro atoms. The molecule has 0 saturated heterocycles. The normalized spacial score (nSPS) is 12.3. The highest BCUT2D eigenvalue weighted by atomic mass is 16.5. The molecule has 18 heavy (non-hydrogen) atoms. The smallest absolute Gasteiger partial charge is 0.358 e. The highest BCUT2D eigenvalue weighted by Gasteiger charge is 2.11. The molecule has 0 aromatic carbocycles. The molecule has 2 rings (SSSR count). The van der Waals surface area contributed by atoms with Gasteiger partial charge in [0.1, 0.15) is 0 Å². The van der Waals surface area contributed by atoms with Crippen LogP contribution in [0.2, 0.25) is 0 Å². The van der Waals surface area contributed by atoms with Gasteiger partial charge in [-0.1, -0.05) is 11.2 Å². The summed E-state index contributed by atoms with van der Waals surface area (Å²) in [6, 6.07) is 5.33. The van der Waals surface area contributed by atoms with Gasteiger partial charge < -0.3 is 14.9 Å². The zero-order valence-corrected chi connectivity index (χ0v) is 9.83. The maximum Gasteiger partial charge on any atom is 0.358 e. The Morgan fingerprint density at radius 1 is 1.61 bits per heavy atom. The second kappa shape index (κ2) is 5.42. The molecule has 2 aromatic heterocycles. The van der Waals surface area contributed by atoms with Gasteiger partial charge in [0.2, 0.25) is 0 Å². The van der Waals surface area contributed by atoms with E-state index >= 15 is 0 Å². The Balaban J connectivity index is 1.93. The Hall–Kier alpha value is -2.21. The molecule has 94 valence electrons. The van der Waals surface area contributed by atoms with Gasteiger partial charge in [-0.05, 0) is 18.6 Å². The van der Waals surface area contributed by atoms with Gasteiger partial charge in [-0.3, -0.25) is 4.98 Å². The molecule has 6 nitrogen and oxygen atoms in total. The summed E-state index contributed by atoms with van der Waals surface area (Å²) in [5.41, 5.74) is 0.969. The van der Waals surface area contributed by atoms with Crippen LogP contribution in [-0.2, 0) is 6.54 Å². The average molecular weight is 247 g/mol. The fraction of sp³-hybridized carbons (Fsp3) is 0.250. The fourth-order valence-corrected chi connectivity index (χ4v) is 1.50. The van der Waals surface area contributed by atoms with E-state index < -0.39 is 5.97 Å². The molecule has 0 aliphatic heterocycles. The topological polar surface area (TPSA) is 88.2 Å². The van der Waals surface area contributed by atoms with Crippen molar-refractivity contribution in [1.29, 1.82) is 0 Å². The van der Waals surface area contributed by atoms with Crippen molar-refractivity contribution in [3.63, 3.8) is 0 Å². The van der Waals surface area contributed by atoms with Crippen LogP contribution in [0.5, 0.6) is 0 Å². The highest BCUT2D eigenvalue weighted by Crippen LogP contribution is 2.11. The Bertz CT molecular complexity index is 524. The Morgan fingerprint density at radius 3 is 3.06 bits per heavy atom. The summed E-state index contributed by atoms with van der Waals surface area (Å²) in [6.07, 6.45) is 3.49. The maximum atomic E-state index is 10.6. The van der Waals surface area contributed by atoms with E-state index in [0.29, 0.717) is 12.3 Å². The summed E-state index contributed by atoms with van der Waals surface area (Å²) >= 11 is 0. The quantitative estimate of drug-likeness (QED) is 0.834. The number of carbonyl (C=O) groups is 1. The molecule has 2 N–H and O–H groups in total. The lowest BCUT2D eigenvalue weighted by Gasteiger charge is -2.11. The lowest BCUT2D eigenvalue weighted by molar-refractivity contribution is 0.0685. The molecule has 0 saturated carbocycles. The highest BCUT2D eigenvalue weighted by molar-refractivity contribution is 5.85. The van der Waals surface area contributed by atoms with Crippen LogP contribution in [0, 0.1) is 0 Å². The van der Waals surface area contributed by atoms with Gasteiger partial charge in [0, 0.05) is 24.5 Å². The summed E-state index contributed by atoms with van der Waals surface area (Å²) < 4.78 is 4.90. The largest absolute Gasteiger partial charge is 0.476 e. The maximum absolute atomic E-state index is 10.6. The van der Waals surface area contributed by atoms with Crippen LogP contribution in [0.3, 0.4) is 0 Å². The summed E-state index contributed by atoms with van der Waals surface area (Å²) in [4.78, 5) is 14.7. The first-order chi connectivity index (χ1) is 8.66. The van der Waals surface area contributed by atoms with E-state index in [2.05, 4.69) is 15.5 Å². The minimum Gasteiger partial charge on any atom is -0.476 e. The number of rotatable bonds is 5. The first kappa shape index (κ1) is 12.3. The molecular weight excluding hydrogens is 234 g/mol. The minimum absolute atomic E-state index is 0.0826. The van der Waals surface area contributed by atoms with Gasteiger partial charge in [0.25, 0.3) is 0 Å². The van der Waals surface area contributed by atoms with E-state index in [1.54, 1.807) is 12.4 Å². The lowest BCUT2D eigenvalue weighted by atomic mass is 10.1. The van der Waals surface area contributed by atoms with Gasteiger partial charge in [0.15, 0.2) is 11.5 Å². The summed E-state index contributed by atoms with van der Waals surface area (Å²) in [5.74, 6) is -0.603. The number of aromatic nitrogens is 2. The number of hydrogen-bond acceptors (Lipinski definition) is 5. The van der Waals surface area contributed by atoms with E-state index in [1.165, 1.54) is 6.07 Å². The van der Waals surface area contributed by atoms with E-state index in [0.717, 1.165) is 5.56 Å². The van der Waals surface area contributed by atoms with Crippen molar-refractivity contribution in [3.05, 3.63) is 47.6 Å². The molecule has 1 atom stereocenters. The van der Waals surface area contributed by atoms with Crippen molar-refractivity contribution in [2.75, 3.05) is 0 Å². The van der Waals surface area contributed by atoms with Gasteiger partial charge in [-0.2, -0.15) is 0 Å². The standard InChI is InChI=1S/C12H13N3O3/c1-8(9-3-2-4-13-6-9)14-7-10-5-11(12(16)17)15-18-10/h2-6,8,14H,7H2,1H3,(H,16,17)/t8-/m0/s1. The Kier molecular flexibility index (Phi) is 3.69. The van der Waals surface area contributed by atoms with Crippen molar-refractivity contribution >= 4 is 5.97 Å². The number of carboxylic acid groups (broad SMARTS) is 1. The minimum atomic E-state index is -1.09. The lowest BCUT2D eigenvalue weighted by Crippen LogP contribution is -2.17. The predicted molar refractivity (Wildman–Crippen MR) is 63.0 cm³/mol. The second-order valence-electron chi connectivity index (χ2n) is 3.87. The number of pyridine rings is 1. The van der Waals surface area contributed by atoms with Crippen molar-refractivity contribution in [2.24, 2.45) is 0 Å². The van der Waals surface area contributed by atoms with Gasteiger partial charge in [-0.25, -0.2) is 4.79 Å². The number of aromatic carboxylic acids is 1. The van der Waals surface area contributed by atoms with Crippen molar-refractivity contribution in [1.82, 2.24) is 15.5 Å². The number of carboxylic acids is 1. The molecule has 0 aliphatic rings. The molecule has 0 amide bonds. The zero-order valence-electron chi connectivity index (χ0n) is 9.83. The Morgan fingerprint density at radius 2 is 2.44 bits per heavy atom. The van der Waals surface area contributed by atoms with E-state index in [1.807, 2.05) is 19.1 Å². The van der Waals surface area contributed by atoms with Crippen LogP contribution >= 0.6 is 0 Å². The van der Waals surface area contributed by atoms with Crippen LogP contribution in [0.1, 0.15) is 34.8 Å².